The summed E-state index contributed by atoms with van der Waals surface area (Å²) >= 11 is 5.94. The normalized spacial score (nSPS) is 14.3. The van der Waals surface area contributed by atoms with Gasteiger partial charge in [-0.15, -0.1) is 0 Å². The first kappa shape index (κ1) is 9.47. The van der Waals surface area contributed by atoms with Gasteiger partial charge in [-0.25, -0.2) is 0 Å². The first-order valence-corrected chi connectivity index (χ1v) is 4.99. The highest BCUT2D eigenvalue weighted by atomic mass is 35.5. The fourth-order valence-electron chi connectivity index (χ4n) is 1.91. The number of carbonyl (C=O) groups is 1. The molecule has 0 radical (unpaired) electrons. The molecule has 2 heteroatoms. The van der Waals surface area contributed by atoms with Crippen LogP contribution in [0.25, 0.3) is 5.57 Å². The maximum absolute atomic E-state index is 11.5. The summed E-state index contributed by atoms with van der Waals surface area (Å²) in [4.78, 5) is 11.5. The van der Waals surface area contributed by atoms with Crippen molar-refractivity contribution in [1.29, 1.82) is 0 Å². The lowest BCUT2D eigenvalue weighted by Gasteiger charge is -2.07. The van der Waals surface area contributed by atoms with E-state index in [1.807, 2.05) is 13.0 Å². The molecule has 0 N–H and O–H groups in total. The third-order valence-electron chi connectivity index (χ3n) is 2.58. The number of halogens is 1. The van der Waals surface area contributed by atoms with E-state index in [4.69, 9.17) is 11.6 Å². The Labute approximate surface area is 88.4 Å². The molecule has 72 valence electrons. The van der Waals surface area contributed by atoms with Crippen LogP contribution in [0.15, 0.2) is 18.7 Å². The lowest BCUT2D eigenvalue weighted by molar-refractivity contribution is 0.0994. The molecule has 1 aliphatic rings. The van der Waals surface area contributed by atoms with E-state index in [0.717, 1.165) is 28.7 Å². The molecule has 0 fully saturated rings. The molecule has 0 saturated heterocycles. The topological polar surface area (TPSA) is 17.1 Å². The van der Waals surface area contributed by atoms with Gasteiger partial charge in [-0.3, -0.25) is 4.79 Å². The van der Waals surface area contributed by atoms with E-state index in [1.54, 1.807) is 6.07 Å². The fraction of sp³-hybridized carbons (Fsp3) is 0.250. The predicted octanol–water partition coefficient (Wildman–Crippen LogP) is 3.50. The molecule has 0 spiro atoms. The van der Waals surface area contributed by atoms with E-state index in [0.29, 0.717) is 11.4 Å². The number of rotatable bonds is 1. The van der Waals surface area contributed by atoms with Gasteiger partial charge in [0.15, 0.2) is 5.78 Å². The summed E-state index contributed by atoms with van der Waals surface area (Å²) in [5.41, 5.74) is 3.92. The SMILES string of the molecule is C=C(C)c1cc(Cl)cc2c1CCC2=O. The van der Waals surface area contributed by atoms with Crippen molar-refractivity contribution in [2.24, 2.45) is 0 Å². The van der Waals surface area contributed by atoms with E-state index in [-0.39, 0.29) is 5.78 Å². The first-order valence-electron chi connectivity index (χ1n) is 4.61. The van der Waals surface area contributed by atoms with Crippen LogP contribution in [0.1, 0.15) is 34.8 Å². The van der Waals surface area contributed by atoms with E-state index < -0.39 is 0 Å². The minimum absolute atomic E-state index is 0.199. The maximum Gasteiger partial charge on any atom is 0.163 e. The fourth-order valence-corrected chi connectivity index (χ4v) is 2.13. The van der Waals surface area contributed by atoms with Gasteiger partial charge in [0.1, 0.15) is 0 Å². The zero-order chi connectivity index (χ0) is 10.3. The smallest absolute Gasteiger partial charge is 0.163 e. The summed E-state index contributed by atoms with van der Waals surface area (Å²) in [6.07, 6.45) is 1.43. The van der Waals surface area contributed by atoms with Gasteiger partial charge in [0, 0.05) is 17.0 Å². The van der Waals surface area contributed by atoms with Crippen LogP contribution in [-0.2, 0) is 6.42 Å². The number of hydrogen-bond donors (Lipinski definition) is 0. The van der Waals surface area contributed by atoms with Crippen molar-refractivity contribution in [2.75, 3.05) is 0 Å². The molecular weight excluding hydrogens is 196 g/mol. The highest BCUT2D eigenvalue weighted by Crippen LogP contribution is 2.31. The second-order valence-corrected chi connectivity index (χ2v) is 4.12. The molecule has 0 heterocycles. The summed E-state index contributed by atoms with van der Waals surface area (Å²) < 4.78 is 0. The van der Waals surface area contributed by atoms with Crippen molar-refractivity contribution in [2.45, 2.75) is 19.8 Å². The Hall–Kier alpha value is -1.08. The number of benzene rings is 1. The van der Waals surface area contributed by atoms with E-state index in [9.17, 15) is 4.79 Å². The molecule has 2 rings (SSSR count). The second kappa shape index (κ2) is 3.25. The summed E-state index contributed by atoms with van der Waals surface area (Å²) in [6.45, 7) is 5.84. The lowest BCUT2D eigenvalue weighted by atomic mass is 9.99. The summed E-state index contributed by atoms with van der Waals surface area (Å²) in [7, 11) is 0. The van der Waals surface area contributed by atoms with Crippen LogP contribution < -0.4 is 0 Å². The van der Waals surface area contributed by atoms with Gasteiger partial charge < -0.3 is 0 Å². The Bertz CT molecular complexity index is 432. The van der Waals surface area contributed by atoms with Gasteiger partial charge in [-0.2, -0.15) is 0 Å². The van der Waals surface area contributed by atoms with Crippen LogP contribution in [-0.4, -0.2) is 5.78 Å². The summed E-state index contributed by atoms with van der Waals surface area (Å²) in [6, 6.07) is 3.65. The molecule has 1 aromatic carbocycles. The summed E-state index contributed by atoms with van der Waals surface area (Å²) in [5, 5.41) is 0.622. The molecule has 0 aliphatic heterocycles. The van der Waals surface area contributed by atoms with Crippen molar-refractivity contribution < 1.29 is 4.79 Å². The van der Waals surface area contributed by atoms with Crippen LogP contribution >= 0.6 is 11.6 Å². The van der Waals surface area contributed by atoms with Crippen LogP contribution in [0.4, 0.5) is 0 Å². The zero-order valence-electron chi connectivity index (χ0n) is 8.06. The monoisotopic (exact) mass is 206 g/mol. The number of Topliss-reactive ketones (excluding diaryl/α,β-unsaturated/α-hetero) is 1. The van der Waals surface area contributed by atoms with Gasteiger partial charge in [0.2, 0.25) is 0 Å². The van der Waals surface area contributed by atoms with Crippen LogP contribution in [0.5, 0.6) is 0 Å². The maximum atomic E-state index is 11.5. The zero-order valence-corrected chi connectivity index (χ0v) is 8.82. The van der Waals surface area contributed by atoms with Gasteiger partial charge in [0.05, 0.1) is 0 Å². The number of fused-ring (bicyclic) bond motifs is 1. The molecule has 1 nitrogen and oxygen atoms in total. The van der Waals surface area contributed by atoms with Gasteiger partial charge >= 0.3 is 0 Å². The van der Waals surface area contributed by atoms with Crippen molar-refractivity contribution in [3.63, 3.8) is 0 Å². The average molecular weight is 207 g/mol. The Balaban J connectivity index is 2.69. The average Bonchev–Trinajstić information content (AvgIpc) is 2.47. The molecule has 0 unspecified atom stereocenters. The molecule has 1 aliphatic carbocycles. The molecule has 0 bridgehead atoms. The Morgan fingerprint density at radius 3 is 2.79 bits per heavy atom. The van der Waals surface area contributed by atoms with Gasteiger partial charge in [-0.1, -0.05) is 23.8 Å². The third kappa shape index (κ3) is 1.38. The minimum atomic E-state index is 0.199. The second-order valence-electron chi connectivity index (χ2n) is 3.68. The third-order valence-corrected chi connectivity index (χ3v) is 2.80. The van der Waals surface area contributed by atoms with Crippen molar-refractivity contribution >= 4 is 23.0 Å². The van der Waals surface area contributed by atoms with Crippen LogP contribution in [0.2, 0.25) is 5.02 Å². The van der Waals surface area contributed by atoms with Gasteiger partial charge in [-0.05, 0) is 36.6 Å². The predicted molar refractivity (Wildman–Crippen MR) is 58.8 cm³/mol. The minimum Gasteiger partial charge on any atom is -0.294 e. The quantitative estimate of drug-likeness (QED) is 0.688. The van der Waals surface area contributed by atoms with Crippen molar-refractivity contribution in [3.8, 4) is 0 Å². The molecule has 1 aromatic rings. The molecule has 0 atom stereocenters. The van der Waals surface area contributed by atoms with E-state index in [2.05, 4.69) is 6.58 Å². The largest absolute Gasteiger partial charge is 0.294 e. The molecule has 0 saturated carbocycles. The summed E-state index contributed by atoms with van der Waals surface area (Å²) in [5.74, 6) is 0.199. The number of ketones is 1. The molecule has 0 aromatic heterocycles. The van der Waals surface area contributed by atoms with Crippen molar-refractivity contribution in [1.82, 2.24) is 0 Å². The van der Waals surface area contributed by atoms with Crippen LogP contribution in [0, 0.1) is 0 Å². The molecule has 0 amide bonds. The molecular formula is C12H11ClO. The van der Waals surface area contributed by atoms with Gasteiger partial charge in [0.25, 0.3) is 0 Å². The highest BCUT2D eigenvalue weighted by molar-refractivity contribution is 6.31. The van der Waals surface area contributed by atoms with Crippen LogP contribution in [0.3, 0.4) is 0 Å². The number of hydrogen-bond acceptors (Lipinski definition) is 1. The Morgan fingerprint density at radius 2 is 2.14 bits per heavy atom. The molecule has 14 heavy (non-hydrogen) atoms. The Kier molecular flexibility index (Phi) is 2.20. The first-order chi connectivity index (χ1) is 6.59. The highest BCUT2D eigenvalue weighted by Gasteiger charge is 2.22. The van der Waals surface area contributed by atoms with Crippen molar-refractivity contribution in [3.05, 3.63) is 40.4 Å². The Morgan fingerprint density at radius 1 is 1.43 bits per heavy atom. The standard InChI is InChI=1S/C12H11ClO/c1-7(2)10-5-8(13)6-11-9(10)3-4-12(11)14/h5-6H,1,3-4H2,2H3. The number of carbonyl (C=O) groups excluding carboxylic acids is 1. The van der Waals surface area contributed by atoms with E-state index >= 15 is 0 Å². The number of allylic oxidation sites excluding steroid dienone is 1. The van der Waals surface area contributed by atoms with E-state index in [1.165, 1.54) is 0 Å². The lowest BCUT2D eigenvalue weighted by Crippen LogP contribution is -1.94.